The van der Waals surface area contributed by atoms with Gasteiger partial charge in [0.1, 0.15) is 5.58 Å². The topological polar surface area (TPSA) is 18.1 Å². The third kappa shape index (κ3) is 3.18. The molecule has 3 heteroatoms. The highest BCUT2D eigenvalue weighted by molar-refractivity contribution is 6.31. The quantitative estimate of drug-likeness (QED) is 0.252. The van der Waals surface area contributed by atoms with Crippen molar-refractivity contribution in [3.63, 3.8) is 0 Å². The molecule has 35 heavy (non-hydrogen) atoms. The van der Waals surface area contributed by atoms with Gasteiger partial charge in [0, 0.05) is 21.7 Å². The number of aromatic nitrogens is 1. The van der Waals surface area contributed by atoms with Crippen LogP contribution in [0.15, 0.2) is 126 Å². The standard InChI is InChI=1S/C32H20ClNO/c33-25-17-16-23-20-28-27(19-24(23)18-25)29-30(21-10-4-1-5-11-21)34(26-14-8-3-9-15-26)31(32(29)35-28)22-12-6-2-7-13-22/h1-20H. The van der Waals surface area contributed by atoms with Crippen LogP contribution in [0.2, 0.25) is 5.02 Å². The van der Waals surface area contributed by atoms with Crippen LogP contribution in [0.1, 0.15) is 0 Å². The summed E-state index contributed by atoms with van der Waals surface area (Å²) < 4.78 is 9.02. The largest absolute Gasteiger partial charge is 0.454 e. The van der Waals surface area contributed by atoms with E-state index in [-0.39, 0.29) is 0 Å². The molecule has 0 aliphatic carbocycles. The van der Waals surface area contributed by atoms with E-state index in [1.165, 1.54) is 0 Å². The molecule has 166 valence electrons. The fourth-order valence-corrected chi connectivity index (χ4v) is 5.28. The van der Waals surface area contributed by atoms with E-state index >= 15 is 0 Å². The number of furan rings is 1. The molecule has 0 saturated heterocycles. The first-order chi connectivity index (χ1) is 17.3. The second kappa shape index (κ2) is 7.90. The lowest BCUT2D eigenvalue weighted by atomic mass is 10.0. The average molecular weight is 470 g/mol. The molecule has 0 aliphatic rings. The molecule has 7 aromatic rings. The van der Waals surface area contributed by atoms with Crippen LogP contribution in [0.3, 0.4) is 0 Å². The molecule has 7 rings (SSSR count). The smallest absolute Gasteiger partial charge is 0.162 e. The van der Waals surface area contributed by atoms with Gasteiger partial charge in [0.15, 0.2) is 5.58 Å². The number of fused-ring (bicyclic) bond motifs is 4. The maximum Gasteiger partial charge on any atom is 0.162 e. The zero-order chi connectivity index (χ0) is 23.4. The lowest BCUT2D eigenvalue weighted by Crippen LogP contribution is -1.99. The Hall–Kier alpha value is -4.27. The van der Waals surface area contributed by atoms with Crippen LogP contribution in [0, 0.1) is 0 Å². The molecule has 0 N–H and O–H groups in total. The van der Waals surface area contributed by atoms with Gasteiger partial charge in [0.25, 0.3) is 0 Å². The van der Waals surface area contributed by atoms with E-state index in [0.29, 0.717) is 0 Å². The van der Waals surface area contributed by atoms with Gasteiger partial charge in [0.05, 0.1) is 16.8 Å². The third-order valence-corrected chi connectivity index (χ3v) is 6.85. The summed E-state index contributed by atoms with van der Waals surface area (Å²) in [7, 11) is 0. The normalized spacial score (nSPS) is 11.6. The van der Waals surface area contributed by atoms with Crippen molar-refractivity contribution in [3.8, 4) is 28.2 Å². The van der Waals surface area contributed by atoms with E-state index in [1.54, 1.807) is 0 Å². The van der Waals surface area contributed by atoms with Gasteiger partial charge in [0.2, 0.25) is 0 Å². The zero-order valence-electron chi connectivity index (χ0n) is 18.8. The SMILES string of the molecule is Clc1ccc2cc3oc4c(-c5ccccc5)n(-c5ccccc5)c(-c5ccccc5)c4c3cc2c1. The number of rotatable bonds is 3. The molecule has 2 aromatic heterocycles. The van der Waals surface area contributed by atoms with Gasteiger partial charge in [-0.3, -0.25) is 0 Å². The summed E-state index contributed by atoms with van der Waals surface area (Å²) in [5.41, 5.74) is 7.26. The minimum atomic E-state index is 0.728. The lowest BCUT2D eigenvalue weighted by molar-refractivity contribution is 0.669. The molecule has 0 aliphatic heterocycles. The van der Waals surface area contributed by atoms with Crippen LogP contribution in [-0.2, 0) is 0 Å². The van der Waals surface area contributed by atoms with Crippen LogP contribution < -0.4 is 0 Å². The van der Waals surface area contributed by atoms with Gasteiger partial charge in [-0.2, -0.15) is 0 Å². The Morgan fingerprint density at radius 1 is 0.571 bits per heavy atom. The monoisotopic (exact) mass is 469 g/mol. The van der Waals surface area contributed by atoms with Gasteiger partial charge in [-0.1, -0.05) is 96.5 Å². The molecule has 0 radical (unpaired) electrons. The number of hydrogen-bond donors (Lipinski definition) is 0. The van der Waals surface area contributed by atoms with Gasteiger partial charge >= 0.3 is 0 Å². The van der Waals surface area contributed by atoms with Crippen molar-refractivity contribution in [1.29, 1.82) is 0 Å². The Bertz CT molecular complexity index is 1830. The van der Waals surface area contributed by atoms with Crippen LogP contribution in [0.25, 0.3) is 60.9 Å². The highest BCUT2D eigenvalue weighted by Gasteiger charge is 2.26. The second-order valence-corrected chi connectivity index (χ2v) is 9.18. The first-order valence-corrected chi connectivity index (χ1v) is 12.0. The van der Waals surface area contributed by atoms with Crippen LogP contribution in [0.4, 0.5) is 0 Å². The van der Waals surface area contributed by atoms with Crippen molar-refractivity contribution in [3.05, 3.63) is 126 Å². The van der Waals surface area contributed by atoms with Gasteiger partial charge in [-0.25, -0.2) is 0 Å². The highest BCUT2D eigenvalue weighted by Crippen LogP contribution is 2.46. The maximum atomic E-state index is 6.69. The Kier molecular flexibility index (Phi) is 4.54. The van der Waals surface area contributed by atoms with Crippen molar-refractivity contribution >= 4 is 44.3 Å². The number of nitrogens with zero attached hydrogens (tertiary/aromatic N) is 1. The lowest BCUT2D eigenvalue weighted by Gasteiger charge is -2.14. The maximum absolute atomic E-state index is 6.69. The Morgan fingerprint density at radius 3 is 1.89 bits per heavy atom. The molecule has 0 amide bonds. The number of benzene rings is 5. The third-order valence-electron chi connectivity index (χ3n) is 6.62. The summed E-state index contributed by atoms with van der Waals surface area (Å²) in [5, 5.41) is 5.13. The summed E-state index contributed by atoms with van der Waals surface area (Å²) >= 11 is 6.35. The van der Waals surface area contributed by atoms with Gasteiger partial charge in [-0.15, -0.1) is 0 Å². The molecule has 2 nitrogen and oxygen atoms in total. The van der Waals surface area contributed by atoms with E-state index in [4.69, 9.17) is 16.0 Å². The Balaban J connectivity index is 1.72. The molecule has 0 spiro atoms. The van der Waals surface area contributed by atoms with E-state index < -0.39 is 0 Å². The highest BCUT2D eigenvalue weighted by atomic mass is 35.5. The van der Waals surface area contributed by atoms with Crippen LogP contribution >= 0.6 is 11.6 Å². The van der Waals surface area contributed by atoms with Gasteiger partial charge < -0.3 is 8.98 Å². The molecule has 0 saturated carbocycles. The number of halogens is 1. The molecule has 0 unspecified atom stereocenters. The van der Waals surface area contributed by atoms with Crippen molar-refractivity contribution in [2.45, 2.75) is 0 Å². The van der Waals surface area contributed by atoms with E-state index in [2.05, 4.69) is 95.6 Å². The van der Waals surface area contributed by atoms with Crippen molar-refractivity contribution in [1.82, 2.24) is 4.57 Å². The molecule has 0 atom stereocenters. The summed E-state index contributed by atoms with van der Waals surface area (Å²) in [6.45, 7) is 0. The number of para-hydroxylation sites is 1. The summed E-state index contributed by atoms with van der Waals surface area (Å²) in [6, 6.07) is 41.9. The molecular formula is C32H20ClNO. The van der Waals surface area contributed by atoms with E-state index in [1.807, 2.05) is 30.3 Å². The van der Waals surface area contributed by atoms with E-state index in [9.17, 15) is 0 Å². The molecule has 0 bridgehead atoms. The van der Waals surface area contributed by atoms with Crippen molar-refractivity contribution < 1.29 is 4.42 Å². The van der Waals surface area contributed by atoms with Crippen LogP contribution in [-0.4, -0.2) is 4.57 Å². The first-order valence-electron chi connectivity index (χ1n) is 11.6. The molecular weight excluding hydrogens is 450 g/mol. The zero-order valence-corrected chi connectivity index (χ0v) is 19.5. The predicted octanol–water partition coefficient (Wildman–Crippen LogP) is 9.52. The molecule has 5 aromatic carbocycles. The summed E-state index contributed by atoms with van der Waals surface area (Å²) in [4.78, 5) is 0. The molecule has 0 fully saturated rings. The van der Waals surface area contributed by atoms with Crippen LogP contribution in [0.5, 0.6) is 0 Å². The van der Waals surface area contributed by atoms with Crippen molar-refractivity contribution in [2.75, 3.05) is 0 Å². The minimum Gasteiger partial charge on any atom is -0.454 e. The molecule has 2 heterocycles. The summed E-state index contributed by atoms with van der Waals surface area (Å²) in [5.74, 6) is 0. The Morgan fingerprint density at radius 2 is 1.20 bits per heavy atom. The fraction of sp³-hybridized carbons (Fsp3) is 0. The fourth-order valence-electron chi connectivity index (χ4n) is 5.10. The minimum absolute atomic E-state index is 0.728. The Labute approximate surface area is 207 Å². The number of hydrogen-bond acceptors (Lipinski definition) is 1. The van der Waals surface area contributed by atoms with Gasteiger partial charge in [-0.05, 0) is 52.7 Å². The first kappa shape index (κ1) is 20.1. The van der Waals surface area contributed by atoms with E-state index in [0.717, 1.165) is 65.9 Å². The average Bonchev–Trinajstić information content (AvgIpc) is 3.43. The van der Waals surface area contributed by atoms with Crippen molar-refractivity contribution in [2.24, 2.45) is 0 Å². The second-order valence-electron chi connectivity index (χ2n) is 8.75. The summed E-state index contributed by atoms with van der Waals surface area (Å²) in [6.07, 6.45) is 0. The predicted molar refractivity (Wildman–Crippen MR) is 146 cm³/mol.